The Balaban J connectivity index is 3.30. The van der Waals surface area contributed by atoms with Gasteiger partial charge in [-0.2, -0.15) is 0 Å². The Morgan fingerprint density at radius 3 is 2.54 bits per heavy atom. The average Bonchev–Trinajstić information content (AvgIpc) is 2.09. The molecule has 0 amide bonds. The first-order chi connectivity index (χ1) is 6.07. The molecule has 72 valence electrons. The van der Waals surface area contributed by atoms with Crippen LogP contribution in [0, 0.1) is 0 Å². The lowest BCUT2D eigenvalue weighted by Crippen LogP contribution is -1.95. The van der Waals surface area contributed by atoms with Crippen LogP contribution >= 0.6 is 31.9 Å². The Labute approximate surface area is 90.6 Å². The van der Waals surface area contributed by atoms with Crippen molar-refractivity contribution < 1.29 is 13.5 Å². The summed E-state index contributed by atoms with van der Waals surface area (Å²) in [6.07, 6.45) is -1.51. The molecule has 0 radical (unpaired) electrons. The third-order valence-electron chi connectivity index (χ3n) is 1.40. The van der Waals surface area contributed by atoms with Gasteiger partial charge in [-0.05, 0) is 31.9 Å². The monoisotopic (exact) mass is 315 g/mol. The summed E-state index contributed by atoms with van der Waals surface area (Å²) in [5.41, 5.74) is -0.224. The average molecular weight is 317 g/mol. The van der Waals surface area contributed by atoms with Gasteiger partial charge in [0.05, 0.1) is 17.1 Å². The van der Waals surface area contributed by atoms with Gasteiger partial charge < -0.3 is 4.74 Å². The molecule has 1 rings (SSSR count). The molecule has 0 aliphatic heterocycles. The van der Waals surface area contributed by atoms with Crippen LogP contribution in [0.4, 0.5) is 8.78 Å². The normalized spacial score (nSPS) is 10.6. The molecule has 0 aliphatic carbocycles. The number of rotatable bonds is 2. The van der Waals surface area contributed by atoms with Crippen LogP contribution < -0.4 is 4.74 Å². The van der Waals surface area contributed by atoms with Crippen molar-refractivity contribution in [3.05, 3.63) is 20.8 Å². The molecule has 0 unspecified atom stereocenters. The summed E-state index contributed by atoms with van der Waals surface area (Å²) < 4.78 is 30.4. The van der Waals surface area contributed by atoms with Gasteiger partial charge in [0.25, 0.3) is 6.43 Å². The maximum absolute atomic E-state index is 12.4. The first kappa shape index (κ1) is 10.8. The summed E-state index contributed by atoms with van der Waals surface area (Å²) in [7, 11) is 1.33. The molecule has 1 aromatic rings. The summed E-state index contributed by atoms with van der Waals surface area (Å²) in [6.45, 7) is 0. The van der Waals surface area contributed by atoms with E-state index < -0.39 is 6.43 Å². The predicted molar refractivity (Wildman–Crippen MR) is 51.1 cm³/mol. The number of ether oxygens (including phenoxy) is 1. The molecule has 6 heteroatoms. The highest BCUT2D eigenvalue weighted by Gasteiger charge is 2.18. The zero-order valence-electron chi connectivity index (χ0n) is 6.52. The number of nitrogens with zero attached hydrogens (tertiary/aromatic N) is 1. The fourth-order valence-corrected chi connectivity index (χ4v) is 1.60. The van der Waals surface area contributed by atoms with Gasteiger partial charge in [-0.15, -0.1) is 0 Å². The predicted octanol–water partition coefficient (Wildman–Crippen LogP) is 3.55. The molecular formula is C7H5Br2F2NO. The molecule has 0 aromatic carbocycles. The molecule has 1 heterocycles. The number of alkyl halides is 2. The largest absolute Gasteiger partial charge is 0.495 e. The number of halogens is 4. The van der Waals surface area contributed by atoms with Crippen LogP contribution in [0.15, 0.2) is 15.3 Å². The van der Waals surface area contributed by atoms with Crippen molar-refractivity contribution >= 4 is 31.9 Å². The minimum atomic E-state index is -2.59. The van der Waals surface area contributed by atoms with E-state index in [1.54, 1.807) is 0 Å². The summed E-state index contributed by atoms with van der Waals surface area (Å²) in [4.78, 5) is 3.72. The molecule has 0 N–H and O–H groups in total. The summed E-state index contributed by atoms with van der Waals surface area (Å²) in [6, 6.07) is 0. The number of methoxy groups -OCH3 is 1. The molecule has 1 aromatic heterocycles. The quantitative estimate of drug-likeness (QED) is 0.778. The molecule has 2 nitrogen and oxygen atoms in total. The summed E-state index contributed by atoms with van der Waals surface area (Å²) >= 11 is 6.18. The van der Waals surface area contributed by atoms with Crippen molar-refractivity contribution in [3.63, 3.8) is 0 Å². The maximum atomic E-state index is 12.4. The highest BCUT2D eigenvalue weighted by molar-refractivity contribution is 9.13. The van der Waals surface area contributed by atoms with E-state index in [2.05, 4.69) is 36.8 Å². The van der Waals surface area contributed by atoms with Crippen molar-refractivity contribution in [2.45, 2.75) is 6.43 Å². The third-order valence-corrected chi connectivity index (χ3v) is 3.27. The minimum Gasteiger partial charge on any atom is -0.495 e. The van der Waals surface area contributed by atoms with Crippen LogP contribution in [0.3, 0.4) is 0 Å². The van der Waals surface area contributed by atoms with Gasteiger partial charge in [0.15, 0.2) is 0 Å². The van der Waals surface area contributed by atoms with Gasteiger partial charge in [-0.3, -0.25) is 0 Å². The van der Waals surface area contributed by atoms with Gasteiger partial charge in [-0.25, -0.2) is 13.8 Å². The van der Waals surface area contributed by atoms with Crippen LogP contribution in [0.25, 0.3) is 0 Å². The molecule has 0 fully saturated rings. The molecule has 0 saturated carbocycles. The van der Waals surface area contributed by atoms with Gasteiger partial charge in [0.1, 0.15) is 10.4 Å². The van der Waals surface area contributed by atoms with Gasteiger partial charge in [0, 0.05) is 6.20 Å². The van der Waals surface area contributed by atoms with E-state index in [9.17, 15) is 8.78 Å². The highest BCUT2D eigenvalue weighted by atomic mass is 79.9. The van der Waals surface area contributed by atoms with E-state index in [1.165, 1.54) is 7.11 Å². The zero-order valence-corrected chi connectivity index (χ0v) is 9.69. The second-order valence-electron chi connectivity index (χ2n) is 2.15. The van der Waals surface area contributed by atoms with Crippen molar-refractivity contribution in [2.24, 2.45) is 0 Å². The summed E-state index contributed by atoms with van der Waals surface area (Å²) in [5, 5.41) is 0. The fourth-order valence-electron chi connectivity index (χ4n) is 0.825. The second kappa shape index (κ2) is 4.32. The van der Waals surface area contributed by atoms with E-state index in [-0.39, 0.29) is 11.3 Å². The molecule has 13 heavy (non-hydrogen) atoms. The number of pyridine rings is 1. The Morgan fingerprint density at radius 2 is 2.08 bits per heavy atom. The van der Waals surface area contributed by atoms with Crippen LogP contribution in [0.2, 0.25) is 0 Å². The third kappa shape index (κ3) is 2.17. The zero-order chi connectivity index (χ0) is 10.0. The van der Waals surface area contributed by atoms with Gasteiger partial charge in [-0.1, -0.05) is 0 Å². The Morgan fingerprint density at radius 1 is 1.46 bits per heavy atom. The van der Waals surface area contributed by atoms with Crippen molar-refractivity contribution in [2.75, 3.05) is 7.11 Å². The molecule has 0 spiro atoms. The Bertz CT molecular complexity index is 320. The smallest absolute Gasteiger partial charge is 0.268 e. The molecule has 0 atom stereocenters. The van der Waals surface area contributed by atoms with Crippen LogP contribution in [-0.2, 0) is 0 Å². The van der Waals surface area contributed by atoms with Crippen LogP contribution in [-0.4, -0.2) is 12.1 Å². The first-order valence-corrected chi connectivity index (χ1v) is 4.82. The van der Waals surface area contributed by atoms with Crippen molar-refractivity contribution in [1.82, 2.24) is 4.98 Å². The molecule has 0 bridgehead atoms. The van der Waals surface area contributed by atoms with E-state index in [0.29, 0.717) is 9.08 Å². The van der Waals surface area contributed by atoms with E-state index in [1.807, 2.05) is 0 Å². The standard InChI is InChI=1S/C7H5Br2F2NO/c1-13-5-3(7(10)11)2-12-6(9)4(5)8/h2,7H,1H3. The van der Waals surface area contributed by atoms with Crippen molar-refractivity contribution in [3.8, 4) is 5.75 Å². The summed E-state index contributed by atoms with van der Waals surface area (Å²) in [5.74, 6) is 0.108. The number of hydrogen-bond acceptors (Lipinski definition) is 2. The van der Waals surface area contributed by atoms with Gasteiger partial charge in [0.2, 0.25) is 0 Å². The minimum absolute atomic E-state index is 0.108. The first-order valence-electron chi connectivity index (χ1n) is 3.24. The molecule has 0 saturated heterocycles. The van der Waals surface area contributed by atoms with Gasteiger partial charge >= 0.3 is 0 Å². The SMILES string of the molecule is COc1c(C(F)F)cnc(Br)c1Br. The molecular weight excluding hydrogens is 312 g/mol. The second-order valence-corrected chi connectivity index (χ2v) is 3.70. The Kier molecular flexibility index (Phi) is 3.61. The van der Waals surface area contributed by atoms with E-state index in [4.69, 9.17) is 4.74 Å². The van der Waals surface area contributed by atoms with Crippen molar-refractivity contribution in [1.29, 1.82) is 0 Å². The molecule has 0 aliphatic rings. The van der Waals surface area contributed by atoms with E-state index >= 15 is 0 Å². The number of hydrogen-bond donors (Lipinski definition) is 0. The fraction of sp³-hybridized carbons (Fsp3) is 0.286. The number of aromatic nitrogens is 1. The lowest BCUT2D eigenvalue weighted by atomic mass is 10.3. The maximum Gasteiger partial charge on any atom is 0.268 e. The topological polar surface area (TPSA) is 22.1 Å². The Hall–Kier alpha value is -0.230. The lowest BCUT2D eigenvalue weighted by Gasteiger charge is -2.09. The lowest BCUT2D eigenvalue weighted by molar-refractivity contribution is 0.146. The van der Waals surface area contributed by atoms with Crippen LogP contribution in [0.1, 0.15) is 12.0 Å². The van der Waals surface area contributed by atoms with E-state index in [0.717, 1.165) is 6.20 Å². The van der Waals surface area contributed by atoms with Crippen LogP contribution in [0.5, 0.6) is 5.75 Å². The highest BCUT2D eigenvalue weighted by Crippen LogP contribution is 2.38.